The summed E-state index contributed by atoms with van der Waals surface area (Å²) in [6.07, 6.45) is 0. The summed E-state index contributed by atoms with van der Waals surface area (Å²) >= 11 is 3.38. The molecule has 0 saturated carbocycles. The number of hydrogen-bond donors (Lipinski definition) is 1. The van der Waals surface area contributed by atoms with Gasteiger partial charge < -0.3 is 9.84 Å². The van der Waals surface area contributed by atoms with Crippen LogP contribution in [0.3, 0.4) is 0 Å². The molecule has 146 valence electrons. The van der Waals surface area contributed by atoms with Gasteiger partial charge >= 0.3 is 0 Å². The summed E-state index contributed by atoms with van der Waals surface area (Å²) in [5, 5.41) is 10.8. The number of benzene rings is 3. The molecule has 1 aliphatic heterocycles. The summed E-state index contributed by atoms with van der Waals surface area (Å²) in [4.78, 5) is 14.5. The van der Waals surface area contributed by atoms with Crippen molar-refractivity contribution in [1.82, 2.24) is 0 Å². The van der Waals surface area contributed by atoms with Crippen LogP contribution in [0.15, 0.2) is 83.0 Å². The zero-order chi connectivity index (χ0) is 20.5. The molecule has 1 heterocycles. The van der Waals surface area contributed by atoms with E-state index in [4.69, 9.17) is 4.74 Å². The van der Waals surface area contributed by atoms with E-state index in [1.165, 1.54) is 11.0 Å². The van der Waals surface area contributed by atoms with Crippen molar-refractivity contribution in [3.63, 3.8) is 0 Å². The quantitative estimate of drug-likeness (QED) is 0.554. The highest BCUT2D eigenvalue weighted by Gasteiger charge is 2.43. The first-order valence-electron chi connectivity index (χ1n) is 8.92. The van der Waals surface area contributed by atoms with Crippen molar-refractivity contribution in [2.24, 2.45) is 0 Å². The largest absolute Gasteiger partial charge is 0.503 e. The smallest absolute Gasteiger partial charge is 0.294 e. The minimum absolute atomic E-state index is 0.304. The maximum atomic E-state index is 14.8. The number of nitrogens with zero attached hydrogens (tertiary/aromatic N) is 1. The summed E-state index contributed by atoms with van der Waals surface area (Å²) in [5.74, 6) is -0.781. The molecule has 0 aliphatic carbocycles. The van der Waals surface area contributed by atoms with Gasteiger partial charge in [0.2, 0.25) is 0 Å². The van der Waals surface area contributed by atoms with Crippen LogP contribution >= 0.6 is 15.9 Å². The molecule has 0 radical (unpaired) electrons. The van der Waals surface area contributed by atoms with Crippen molar-refractivity contribution in [2.45, 2.75) is 6.04 Å². The highest BCUT2D eigenvalue weighted by atomic mass is 79.9. The van der Waals surface area contributed by atoms with Crippen molar-refractivity contribution < 1.29 is 19.0 Å². The van der Waals surface area contributed by atoms with Crippen LogP contribution in [-0.4, -0.2) is 18.1 Å². The van der Waals surface area contributed by atoms with Gasteiger partial charge in [-0.1, -0.05) is 46.3 Å². The Balaban J connectivity index is 1.91. The number of halogens is 2. The van der Waals surface area contributed by atoms with E-state index < -0.39 is 23.5 Å². The van der Waals surface area contributed by atoms with Crippen LogP contribution in [0.5, 0.6) is 5.75 Å². The van der Waals surface area contributed by atoms with Crippen molar-refractivity contribution >= 4 is 33.1 Å². The topological polar surface area (TPSA) is 49.8 Å². The van der Waals surface area contributed by atoms with E-state index in [2.05, 4.69) is 15.9 Å². The summed E-state index contributed by atoms with van der Waals surface area (Å²) in [5.41, 5.74) is 1.83. The second-order valence-corrected chi connectivity index (χ2v) is 7.48. The average Bonchev–Trinajstić information content (AvgIpc) is 3.00. The Morgan fingerprint density at radius 3 is 2.28 bits per heavy atom. The highest BCUT2D eigenvalue weighted by molar-refractivity contribution is 9.10. The Labute approximate surface area is 176 Å². The second kappa shape index (κ2) is 7.72. The van der Waals surface area contributed by atoms with Crippen LogP contribution in [-0.2, 0) is 4.79 Å². The number of aliphatic hydroxyl groups is 1. The molecule has 3 aromatic carbocycles. The van der Waals surface area contributed by atoms with E-state index in [1.54, 1.807) is 73.8 Å². The summed E-state index contributed by atoms with van der Waals surface area (Å²) in [6.45, 7) is 0. The van der Waals surface area contributed by atoms with Crippen LogP contribution in [0.1, 0.15) is 17.2 Å². The molecule has 1 atom stereocenters. The molecular formula is C23H17BrFNO3. The number of hydrogen-bond acceptors (Lipinski definition) is 3. The summed E-state index contributed by atoms with van der Waals surface area (Å²) in [6, 6.07) is 19.5. The molecule has 3 aromatic rings. The number of amides is 1. The van der Waals surface area contributed by atoms with Crippen molar-refractivity contribution in [1.29, 1.82) is 0 Å². The highest BCUT2D eigenvalue weighted by Crippen LogP contribution is 2.46. The van der Waals surface area contributed by atoms with Crippen molar-refractivity contribution in [3.05, 3.63) is 100.0 Å². The Morgan fingerprint density at radius 2 is 1.66 bits per heavy atom. The van der Waals surface area contributed by atoms with Gasteiger partial charge in [-0.25, -0.2) is 4.39 Å². The molecule has 1 N–H and O–H groups in total. The SMILES string of the molecule is COc1ccc(C2=C(O)C(=O)N(c3ccc(Br)cc3)C2c2ccccc2F)cc1. The zero-order valence-corrected chi connectivity index (χ0v) is 17.1. The Morgan fingerprint density at radius 1 is 1.00 bits per heavy atom. The zero-order valence-electron chi connectivity index (χ0n) is 15.5. The maximum absolute atomic E-state index is 14.8. The summed E-state index contributed by atoms with van der Waals surface area (Å²) in [7, 11) is 1.56. The van der Waals surface area contributed by atoms with Gasteiger partial charge in [0.1, 0.15) is 11.6 Å². The Bertz CT molecular complexity index is 1090. The van der Waals surface area contributed by atoms with Gasteiger partial charge in [-0.3, -0.25) is 9.69 Å². The number of carbonyl (C=O) groups is 1. The lowest BCUT2D eigenvalue weighted by Gasteiger charge is -2.27. The molecule has 29 heavy (non-hydrogen) atoms. The maximum Gasteiger partial charge on any atom is 0.294 e. The first-order chi connectivity index (χ1) is 14.0. The average molecular weight is 454 g/mol. The molecule has 0 aromatic heterocycles. The van der Waals surface area contributed by atoms with Gasteiger partial charge in [-0.15, -0.1) is 0 Å². The first-order valence-corrected chi connectivity index (χ1v) is 9.71. The molecule has 0 bridgehead atoms. The van der Waals surface area contributed by atoms with E-state index in [1.807, 2.05) is 0 Å². The number of methoxy groups -OCH3 is 1. The van der Waals surface area contributed by atoms with E-state index in [0.717, 1.165) is 4.47 Å². The Kier molecular flexibility index (Phi) is 5.11. The third kappa shape index (κ3) is 3.40. The van der Waals surface area contributed by atoms with Gasteiger partial charge in [0.05, 0.1) is 13.2 Å². The lowest BCUT2D eigenvalue weighted by atomic mass is 9.93. The van der Waals surface area contributed by atoms with E-state index in [0.29, 0.717) is 28.1 Å². The second-order valence-electron chi connectivity index (χ2n) is 6.57. The number of rotatable bonds is 4. The lowest BCUT2D eigenvalue weighted by molar-refractivity contribution is -0.117. The fourth-order valence-corrected chi connectivity index (χ4v) is 3.79. The monoisotopic (exact) mass is 453 g/mol. The Hall–Kier alpha value is -3.12. The van der Waals surface area contributed by atoms with Gasteiger partial charge in [-0.05, 0) is 48.0 Å². The first kappa shape index (κ1) is 19.2. The fourth-order valence-electron chi connectivity index (χ4n) is 3.53. The van der Waals surface area contributed by atoms with Gasteiger partial charge in [0.15, 0.2) is 5.76 Å². The number of anilines is 1. The third-order valence-corrected chi connectivity index (χ3v) is 5.44. The van der Waals surface area contributed by atoms with Crippen LogP contribution < -0.4 is 9.64 Å². The molecule has 6 heteroatoms. The van der Waals surface area contributed by atoms with Crippen LogP contribution in [0.25, 0.3) is 5.57 Å². The molecule has 1 aliphatic rings. The van der Waals surface area contributed by atoms with E-state index >= 15 is 0 Å². The van der Waals surface area contributed by atoms with Crippen LogP contribution in [0.4, 0.5) is 10.1 Å². The molecule has 1 unspecified atom stereocenters. The van der Waals surface area contributed by atoms with E-state index in [9.17, 15) is 14.3 Å². The third-order valence-electron chi connectivity index (χ3n) is 4.91. The summed E-state index contributed by atoms with van der Waals surface area (Å²) < 4.78 is 20.8. The van der Waals surface area contributed by atoms with Gasteiger partial charge in [0.25, 0.3) is 5.91 Å². The number of carbonyl (C=O) groups excluding carboxylic acids is 1. The molecule has 0 spiro atoms. The van der Waals surface area contributed by atoms with Crippen molar-refractivity contribution in [2.75, 3.05) is 12.0 Å². The lowest BCUT2D eigenvalue weighted by Crippen LogP contribution is -2.30. The number of aliphatic hydroxyl groups excluding tert-OH is 1. The molecule has 4 rings (SSSR count). The van der Waals surface area contributed by atoms with Crippen LogP contribution in [0.2, 0.25) is 0 Å². The number of ether oxygens (including phenoxy) is 1. The predicted molar refractivity (Wildman–Crippen MR) is 113 cm³/mol. The fraction of sp³-hybridized carbons (Fsp3) is 0.0870. The minimum Gasteiger partial charge on any atom is -0.503 e. The van der Waals surface area contributed by atoms with E-state index in [-0.39, 0.29) is 0 Å². The van der Waals surface area contributed by atoms with Crippen LogP contribution in [0, 0.1) is 5.82 Å². The molecule has 0 saturated heterocycles. The standard InChI is InChI=1S/C23H17BrFNO3/c1-29-17-12-6-14(7-13-17)20-21(18-4-2-3-5-19(18)25)26(23(28)22(20)27)16-10-8-15(24)9-11-16/h2-13,21,27H,1H3. The molecule has 4 nitrogen and oxygen atoms in total. The normalized spacial score (nSPS) is 16.4. The predicted octanol–water partition coefficient (Wildman–Crippen LogP) is 5.65. The molecular weight excluding hydrogens is 437 g/mol. The molecule has 0 fully saturated rings. The minimum atomic E-state index is -0.807. The van der Waals surface area contributed by atoms with Crippen molar-refractivity contribution in [3.8, 4) is 5.75 Å². The van der Waals surface area contributed by atoms with Gasteiger partial charge in [0, 0.05) is 21.3 Å². The van der Waals surface area contributed by atoms with Gasteiger partial charge in [-0.2, -0.15) is 0 Å². The molecule has 1 amide bonds.